The molecule has 5 nitrogen and oxygen atoms in total. The molecule has 88 valence electrons. The van der Waals surface area contributed by atoms with Crippen molar-refractivity contribution in [2.24, 2.45) is 0 Å². The van der Waals surface area contributed by atoms with Crippen LogP contribution in [0.15, 0.2) is 24.4 Å². The van der Waals surface area contributed by atoms with Gasteiger partial charge in [-0.05, 0) is 19.1 Å². The highest BCUT2D eigenvalue weighted by atomic mass is 35.5. The molecular formula is C11H10ClN3O2. The molecule has 17 heavy (non-hydrogen) atoms. The fraction of sp³-hybridized carbons (Fsp3) is 0.0909. The first-order valence-electron chi connectivity index (χ1n) is 4.88. The SMILES string of the molecule is Cc1[nH]ncc1C(=O)Nc1ccc(Cl)c(O)c1. The molecule has 2 aromatic rings. The lowest BCUT2D eigenvalue weighted by molar-refractivity contribution is 0.102. The highest BCUT2D eigenvalue weighted by Gasteiger charge is 2.11. The maximum absolute atomic E-state index is 11.8. The van der Waals surface area contributed by atoms with Crippen molar-refractivity contribution in [3.8, 4) is 5.75 Å². The summed E-state index contributed by atoms with van der Waals surface area (Å²) in [5, 5.41) is 18.7. The molecule has 0 saturated heterocycles. The number of amides is 1. The van der Waals surface area contributed by atoms with Crippen LogP contribution >= 0.6 is 11.6 Å². The highest BCUT2D eigenvalue weighted by molar-refractivity contribution is 6.32. The predicted octanol–water partition coefficient (Wildman–Crippen LogP) is 2.33. The van der Waals surface area contributed by atoms with E-state index in [0.717, 1.165) is 0 Å². The van der Waals surface area contributed by atoms with Crippen LogP contribution in [-0.4, -0.2) is 21.2 Å². The standard InChI is InChI=1S/C11H10ClN3O2/c1-6-8(5-13-15-6)11(17)14-7-2-3-9(12)10(16)4-7/h2-5,16H,1H3,(H,13,15)(H,14,17). The van der Waals surface area contributed by atoms with Crippen LogP contribution in [0.25, 0.3) is 0 Å². The minimum Gasteiger partial charge on any atom is -0.506 e. The Bertz CT molecular complexity index is 566. The summed E-state index contributed by atoms with van der Waals surface area (Å²) in [6.45, 7) is 1.75. The summed E-state index contributed by atoms with van der Waals surface area (Å²) in [7, 11) is 0. The van der Waals surface area contributed by atoms with Crippen LogP contribution in [0.1, 0.15) is 16.1 Å². The van der Waals surface area contributed by atoms with E-state index in [0.29, 0.717) is 16.9 Å². The van der Waals surface area contributed by atoms with Crippen LogP contribution in [-0.2, 0) is 0 Å². The molecule has 1 aromatic heterocycles. The van der Waals surface area contributed by atoms with Gasteiger partial charge in [0.2, 0.25) is 0 Å². The number of nitrogens with zero attached hydrogens (tertiary/aromatic N) is 1. The largest absolute Gasteiger partial charge is 0.506 e. The maximum atomic E-state index is 11.8. The topological polar surface area (TPSA) is 78.0 Å². The zero-order valence-electron chi connectivity index (χ0n) is 8.99. The van der Waals surface area contributed by atoms with Crippen LogP contribution in [0.2, 0.25) is 5.02 Å². The van der Waals surface area contributed by atoms with E-state index in [1.54, 1.807) is 13.0 Å². The van der Waals surface area contributed by atoms with Crippen LogP contribution in [0.4, 0.5) is 5.69 Å². The zero-order chi connectivity index (χ0) is 12.4. The Balaban J connectivity index is 2.19. The van der Waals surface area contributed by atoms with E-state index in [1.807, 2.05) is 0 Å². The molecule has 0 bridgehead atoms. The molecule has 3 N–H and O–H groups in total. The Hall–Kier alpha value is -2.01. The summed E-state index contributed by atoms with van der Waals surface area (Å²) in [4.78, 5) is 11.8. The lowest BCUT2D eigenvalue weighted by Gasteiger charge is -2.05. The molecule has 2 rings (SSSR count). The molecule has 0 unspecified atom stereocenters. The summed E-state index contributed by atoms with van der Waals surface area (Å²) < 4.78 is 0. The van der Waals surface area contributed by atoms with Gasteiger partial charge in [0.1, 0.15) is 5.75 Å². The molecule has 0 spiro atoms. The smallest absolute Gasteiger partial charge is 0.259 e. The van der Waals surface area contributed by atoms with Gasteiger partial charge >= 0.3 is 0 Å². The van der Waals surface area contributed by atoms with Gasteiger partial charge in [-0.3, -0.25) is 9.89 Å². The Morgan fingerprint density at radius 2 is 2.29 bits per heavy atom. The quantitative estimate of drug-likeness (QED) is 0.767. The fourth-order valence-electron chi connectivity index (χ4n) is 1.37. The lowest BCUT2D eigenvalue weighted by atomic mass is 10.2. The van der Waals surface area contributed by atoms with Crippen LogP contribution in [0.5, 0.6) is 5.75 Å². The third-order valence-electron chi connectivity index (χ3n) is 2.28. The number of anilines is 1. The van der Waals surface area contributed by atoms with Gasteiger partial charge in [0.25, 0.3) is 5.91 Å². The van der Waals surface area contributed by atoms with E-state index < -0.39 is 0 Å². The van der Waals surface area contributed by atoms with Gasteiger partial charge in [-0.1, -0.05) is 11.6 Å². The van der Waals surface area contributed by atoms with Gasteiger partial charge in [0.05, 0.1) is 16.8 Å². The summed E-state index contributed by atoms with van der Waals surface area (Å²) in [6, 6.07) is 4.50. The van der Waals surface area contributed by atoms with Crippen LogP contribution in [0, 0.1) is 6.92 Å². The summed E-state index contributed by atoms with van der Waals surface area (Å²) in [6.07, 6.45) is 1.44. The van der Waals surface area contributed by atoms with Crippen molar-refractivity contribution < 1.29 is 9.90 Å². The number of aromatic hydroxyl groups is 1. The second-order valence-corrected chi connectivity index (χ2v) is 3.94. The number of hydrogen-bond donors (Lipinski definition) is 3. The number of aryl methyl sites for hydroxylation is 1. The predicted molar refractivity (Wildman–Crippen MR) is 64.4 cm³/mol. The van der Waals surface area contributed by atoms with E-state index in [4.69, 9.17) is 11.6 Å². The Labute approximate surface area is 102 Å². The summed E-state index contributed by atoms with van der Waals surface area (Å²) in [5.41, 5.74) is 1.61. The number of aromatic amines is 1. The van der Waals surface area contributed by atoms with Crippen LogP contribution < -0.4 is 5.32 Å². The fourth-order valence-corrected chi connectivity index (χ4v) is 1.49. The third kappa shape index (κ3) is 2.39. The molecule has 0 fully saturated rings. The first-order valence-corrected chi connectivity index (χ1v) is 5.25. The van der Waals surface area contributed by atoms with Crippen molar-refractivity contribution in [2.45, 2.75) is 6.92 Å². The zero-order valence-corrected chi connectivity index (χ0v) is 9.75. The number of halogens is 1. The van der Waals surface area contributed by atoms with Crippen molar-refractivity contribution in [2.75, 3.05) is 5.32 Å². The minimum absolute atomic E-state index is 0.0756. The molecule has 0 aliphatic heterocycles. The van der Waals surface area contributed by atoms with Crippen molar-refractivity contribution in [3.05, 3.63) is 40.7 Å². The second-order valence-electron chi connectivity index (χ2n) is 3.53. The van der Waals surface area contributed by atoms with Crippen LogP contribution in [0.3, 0.4) is 0 Å². The number of phenols is 1. The Morgan fingerprint density at radius 3 is 2.88 bits per heavy atom. The number of rotatable bonds is 2. The Kier molecular flexibility index (Phi) is 3.01. The van der Waals surface area contributed by atoms with Crippen molar-refractivity contribution in [3.63, 3.8) is 0 Å². The van der Waals surface area contributed by atoms with E-state index in [1.165, 1.54) is 18.3 Å². The molecular weight excluding hydrogens is 242 g/mol. The minimum atomic E-state index is -0.294. The van der Waals surface area contributed by atoms with E-state index >= 15 is 0 Å². The van der Waals surface area contributed by atoms with E-state index in [-0.39, 0.29) is 16.7 Å². The first-order chi connectivity index (χ1) is 8.08. The van der Waals surface area contributed by atoms with Crippen molar-refractivity contribution in [1.29, 1.82) is 0 Å². The molecule has 1 heterocycles. The Morgan fingerprint density at radius 1 is 1.53 bits per heavy atom. The van der Waals surface area contributed by atoms with Gasteiger partial charge in [0, 0.05) is 17.4 Å². The van der Waals surface area contributed by atoms with Gasteiger partial charge < -0.3 is 10.4 Å². The van der Waals surface area contributed by atoms with E-state index in [2.05, 4.69) is 15.5 Å². The second kappa shape index (κ2) is 4.47. The highest BCUT2D eigenvalue weighted by Crippen LogP contribution is 2.26. The summed E-state index contributed by atoms with van der Waals surface area (Å²) >= 11 is 5.66. The molecule has 0 aliphatic rings. The lowest BCUT2D eigenvalue weighted by Crippen LogP contribution is -2.12. The number of aromatic nitrogens is 2. The average molecular weight is 252 g/mol. The molecule has 0 aliphatic carbocycles. The first kappa shape index (κ1) is 11.5. The molecule has 6 heteroatoms. The third-order valence-corrected chi connectivity index (χ3v) is 2.60. The maximum Gasteiger partial charge on any atom is 0.259 e. The number of H-pyrrole nitrogens is 1. The molecule has 1 amide bonds. The van der Waals surface area contributed by atoms with Crippen molar-refractivity contribution >= 4 is 23.2 Å². The molecule has 1 aromatic carbocycles. The van der Waals surface area contributed by atoms with Gasteiger partial charge in [-0.15, -0.1) is 0 Å². The number of phenolic OH excluding ortho intramolecular Hbond substituents is 1. The number of carbonyl (C=O) groups is 1. The molecule has 0 saturated carbocycles. The number of nitrogens with one attached hydrogen (secondary N) is 2. The monoisotopic (exact) mass is 251 g/mol. The van der Waals surface area contributed by atoms with E-state index in [9.17, 15) is 9.90 Å². The van der Waals surface area contributed by atoms with Gasteiger partial charge in [-0.2, -0.15) is 5.10 Å². The molecule has 0 radical (unpaired) electrons. The number of benzene rings is 1. The normalized spacial score (nSPS) is 10.2. The van der Waals surface area contributed by atoms with Gasteiger partial charge in [-0.25, -0.2) is 0 Å². The van der Waals surface area contributed by atoms with Gasteiger partial charge in [0.15, 0.2) is 0 Å². The molecule has 0 atom stereocenters. The number of hydrogen-bond acceptors (Lipinski definition) is 3. The average Bonchev–Trinajstić information content (AvgIpc) is 2.70. The summed E-state index contributed by atoms with van der Waals surface area (Å²) in [5.74, 6) is -0.369. The number of carbonyl (C=O) groups excluding carboxylic acids is 1. The van der Waals surface area contributed by atoms with Crippen molar-refractivity contribution in [1.82, 2.24) is 10.2 Å².